The first-order valence-corrected chi connectivity index (χ1v) is 6.57. The van der Waals surface area contributed by atoms with Crippen LogP contribution in [0.25, 0.3) is 0 Å². The number of rotatable bonds is 5. The minimum absolute atomic E-state index is 0.370. The van der Waals surface area contributed by atoms with E-state index in [1.54, 1.807) is 18.5 Å². The van der Waals surface area contributed by atoms with E-state index in [1.165, 1.54) is 5.56 Å². The maximum absolute atomic E-state index is 6.13. The summed E-state index contributed by atoms with van der Waals surface area (Å²) >= 11 is 6.13. The van der Waals surface area contributed by atoms with Gasteiger partial charge in [-0.15, -0.1) is 0 Å². The lowest BCUT2D eigenvalue weighted by molar-refractivity contribution is 0.690. The van der Waals surface area contributed by atoms with Crippen LogP contribution in [-0.4, -0.2) is 11.0 Å². The highest BCUT2D eigenvalue weighted by molar-refractivity contribution is 6.33. The summed E-state index contributed by atoms with van der Waals surface area (Å²) in [5.41, 5.74) is 2.24. The minimum atomic E-state index is 0.370. The van der Waals surface area contributed by atoms with E-state index in [0.717, 1.165) is 23.6 Å². The zero-order valence-corrected chi connectivity index (χ0v) is 11.2. The van der Waals surface area contributed by atoms with Crippen molar-refractivity contribution in [3.63, 3.8) is 0 Å². The molecule has 2 nitrogen and oxygen atoms in total. The zero-order valence-electron chi connectivity index (χ0n) is 10.4. The predicted octanol–water partition coefficient (Wildman–Crippen LogP) is 4.17. The standard InChI is InChI=1S/C15H17ClN2/c1-2-13(10-12-6-4-3-5-7-12)18-15-11-17-9-8-14(15)16/h3-9,11,13,18H,2,10H2,1H3. The summed E-state index contributed by atoms with van der Waals surface area (Å²) in [5.74, 6) is 0. The average molecular weight is 261 g/mol. The van der Waals surface area contributed by atoms with E-state index < -0.39 is 0 Å². The fraction of sp³-hybridized carbons (Fsp3) is 0.267. The van der Waals surface area contributed by atoms with Gasteiger partial charge < -0.3 is 5.32 Å². The van der Waals surface area contributed by atoms with Gasteiger partial charge in [-0.25, -0.2) is 0 Å². The van der Waals surface area contributed by atoms with Gasteiger partial charge in [0.05, 0.1) is 16.9 Å². The minimum Gasteiger partial charge on any atom is -0.380 e. The zero-order chi connectivity index (χ0) is 12.8. The molecule has 18 heavy (non-hydrogen) atoms. The van der Waals surface area contributed by atoms with E-state index in [9.17, 15) is 0 Å². The smallest absolute Gasteiger partial charge is 0.0718 e. The van der Waals surface area contributed by atoms with Crippen LogP contribution >= 0.6 is 11.6 Å². The second kappa shape index (κ2) is 6.41. The Morgan fingerprint density at radius 2 is 2.00 bits per heavy atom. The SMILES string of the molecule is CCC(Cc1ccccc1)Nc1cnccc1Cl. The van der Waals surface area contributed by atoms with Crippen LogP contribution in [0.1, 0.15) is 18.9 Å². The van der Waals surface area contributed by atoms with Crippen LogP contribution in [0, 0.1) is 0 Å². The summed E-state index contributed by atoms with van der Waals surface area (Å²) in [7, 11) is 0. The molecule has 1 N–H and O–H groups in total. The van der Waals surface area contributed by atoms with Crippen molar-refractivity contribution in [1.29, 1.82) is 0 Å². The van der Waals surface area contributed by atoms with Gasteiger partial charge >= 0.3 is 0 Å². The third kappa shape index (κ3) is 3.47. The maximum Gasteiger partial charge on any atom is 0.0718 e. The lowest BCUT2D eigenvalue weighted by Gasteiger charge is -2.18. The molecule has 0 aliphatic rings. The number of benzene rings is 1. The van der Waals surface area contributed by atoms with Crippen molar-refractivity contribution in [3.05, 3.63) is 59.4 Å². The second-order valence-electron chi connectivity index (χ2n) is 4.29. The van der Waals surface area contributed by atoms with Crippen molar-refractivity contribution in [2.75, 3.05) is 5.32 Å². The van der Waals surface area contributed by atoms with Crippen molar-refractivity contribution >= 4 is 17.3 Å². The molecule has 1 unspecified atom stereocenters. The average Bonchev–Trinajstić information content (AvgIpc) is 2.41. The van der Waals surface area contributed by atoms with Crippen LogP contribution < -0.4 is 5.32 Å². The molecule has 0 spiro atoms. The largest absolute Gasteiger partial charge is 0.380 e. The number of nitrogens with zero attached hydrogens (tertiary/aromatic N) is 1. The molecule has 1 aromatic carbocycles. The Morgan fingerprint density at radius 3 is 2.67 bits per heavy atom. The normalized spacial score (nSPS) is 12.1. The van der Waals surface area contributed by atoms with E-state index in [-0.39, 0.29) is 0 Å². The van der Waals surface area contributed by atoms with Crippen molar-refractivity contribution < 1.29 is 0 Å². The lowest BCUT2D eigenvalue weighted by atomic mass is 10.0. The first kappa shape index (κ1) is 12.9. The third-order valence-corrected chi connectivity index (χ3v) is 3.27. The monoisotopic (exact) mass is 260 g/mol. The van der Waals surface area contributed by atoms with E-state index in [2.05, 4.69) is 41.5 Å². The molecule has 0 fully saturated rings. The van der Waals surface area contributed by atoms with Gasteiger partial charge in [0.2, 0.25) is 0 Å². The highest BCUT2D eigenvalue weighted by atomic mass is 35.5. The van der Waals surface area contributed by atoms with E-state index in [0.29, 0.717) is 6.04 Å². The van der Waals surface area contributed by atoms with Gasteiger partial charge in [0.25, 0.3) is 0 Å². The summed E-state index contributed by atoms with van der Waals surface area (Å²) in [5, 5.41) is 4.17. The van der Waals surface area contributed by atoms with Gasteiger partial charge in [-0.1, -0.05) is 48.9 Å². The molecule has 0 aliphatic heterocycles. The van der Waals surface area contributed by atoms with Gasteiger partial charge in [0.1, 0.15) is 0 Å². The van der Waals surface area contributed by atoms with Crippen LogP contribution in [0.3, 0.4) is 0 Å². The van der Waals surface area contributed by atoms with Crippen molar-refractivity contribution in [2.45, 2.75) is 25.8 Å². The van der Waals surface area contributed by atoms with Crippen LogP contribution in [0.15, 0.2) is 48.8 Å². The molecular weight excluding hydrogens is 244 g/mol. The van der Waals surface area contributed by atoms with Crippen molar-refractivity contribution in [3.8, 4) is 0 Å². The topological polar surface area (TPSA) is 24.9 Å². The van der Waals surface area contributed by atoms with Crippen LogP contribution in [0.5, 0.6) is 0 Å². The predicted molar refractivity (Wildman–Crippen MR) is 77.1 cm³/mol. The van der Waals surface area contributed by atoms with Gasteiger partial charge in [-0.05, 0) is 24.5 Å². The number of anilines is 1. The van der Waals surface area contributed by atoms with Crippen LogP contribution in [0.4, 0.5) is 5.69 Å². The molecule has 2 rings (SSSR count). The number of hydrogen-bond donors (Lipinski definition) is 1. The molecule has 0 saturated carbocycles. The molecule has 0 saturated heterocycles. The molecule has 3 heteroatoms. The van der Waals surface area contributed by atoms with E-state index in [4.69, 9.17) is 11.6 Å². The quantitative estimate of drug-likeness (QED) is 0.873. The van der Waals surface area contributed by atoms with Gasteiger partial charge in [0.15, 0.2) is 0 Å². The summed E-state index contributed by atoms with van der Waals surface area (Å²) in [6, 6.07) is 12.6. The van der Waals surface area contributed by atoms with Crippen LogP contribution in [-0.2, 0) is 6.42 Å². The molecule has 0 amide bonds. The molecular formula is C15H17ClN2. The highest BCUT2D eigenvalue weighted by Crippen LogP contribution is 2.21. The maximum atomic E-state index is 6.13. The fourth-order valence-corrected chi connectivity index (χ4v) is 2.06. The van der Waals surface area contributed by atoms with Crippen LogP contribution in [0.2, 0.25) is 5.02 Å². The van der Waals surface area contributed by atoms with Gasteiger partial charge in [-0.3, -0.25) is 4.98 Å². The number of halogens is 1. The summed E-state index contributed by atoms with van der Waals surface area (Å²) in [6.45, 7) is 2.17. The molecule has 94 valence electrons. The van der Waals surface area contributed by atoms with Crippen molar-refractivity contribution in [1.82, 2.24) is 4.98 Å². The fourth-order valence-electron chi connectivity index (χ4n) is 1.90. The molecule has 0 aliphatic carbocycles. The molecule has 1 aromatic heterocycles. The van der Waals surface area contributed by atoms with E-state index in [1.807, 2.05) is 6.07 Å². The Bertz CT molecular complexity index is 485. The molecule has 0 radical (unpaired) electrons. The Kier molecular flexibility index (Phi) is 4.59. The first-order chi connectivity index (χ1) is 8.79. The molecule has 1 atom stereocenters. The number of nitrogens with one attached hydrogen (secondary N) is 1. The van der Waals surface area contributed by atoms with Gasteiger partial charge in [0, 0.05) is 12.2 Å². The van der Waals surface area contributed by atoms with Gasteiger partial charge in [-0.2, -0.15) is 0 Å². The van der Waals surface area contributed by atoms with Crippen molar-refractivity contribution in [2.24, 2.45) is 0 Å². The Labute approximate surface area is 113 Å². The number of hydrogen-bond acceptors (Lipinski definition) is 2. The molecule has 0 bridgehead atoms. The second-order valence-corrected chi connectivity index (χ2v) is 4.70. The lowest BCUT2D eigenvalue weighted by Crippen LogP contribution is -2.21. The summed E-state index contributed by atoms with van der Waals surface area (Å²) in [4.78, 5) is 4.09. The Hall–Kier alpha value is -1.54. The molecule has 2 aromatic rings. The summed E-state index contributed by atoms with van der Waals surface area (Å²) < 4.78 is 0. The first-order valence-electron chi connectivity index (χ1n) is 6.19. The Morgan fingerprint density at radius 1 is 1.22 bits per heavy atom. The Balaban J connectivity index is 2.04. The number of aromatic nitrogens is 1. The highest BCUT2D eigenvalue weighted by Gasteiger charge is 2.09. The number of pyridine rings is 1. The summed E-state index contributed by atoms with van der Waals surface area (Å²) in [6.07, 6.45) is 5.50. The van der Waals surface area contributed by atoms with E-state index >= 15 is 0 Å². The molecule has 1 heterocycles. The third-order valence-electron chi connectivity index (χ3n) is 2.95.